The molecule has 0 saturated carbocycles. The lowest BCUT2D eigenvalue weighted by atomic mass is 9.91. The number of carbonyl (C=O) groups is 2. The highest BCUT2D eigenvalue weighted by atomic mass is 32.2. The van der Waals surface area contributed by atoms with E-state index in [0.717, 1.165) is 37.3 Å². The molecular weight excluding hydrogens is 300 g/mol. The summed E-state index contributed by atoms with van der Waals surface area (Å²) in [6.07, 6.45) is 2.78. The number of nitrogens with zero attached hydrogens (tertiary/aromatic N) is 1. The Bertz CT molecular complexity index is 529. The second-order valence-electron chi connectivity index (χ2n) is 5.85. The van der Waals surface area contributed by atoms with E-state index >= 15 is 0 Å². The Hall–Kier alpha value is -1.43. The van der Waals surface area contributed by atoms with Gasteiger partial charge in [-0.2, -0.15) is 0 Å². The zero-order valence-electron chi connectivity index (χ0n) is 13.2. The van der Waals surface area contributed by atoms with Crippen LogP contribution in [0, 0.1) is 5.92 Å². The van der Waals surface area contributed by atoms with Gasteiger partial charge in [0.1, 0.15) is 11.5 Å². The van der Waals surface area contributed by atoms with Crippen LogP contribution in [0.2, 0.25) is 0 Å². The van der Waals surface area contributed by atoms with Crippen LogP contribution in [0.15, 0.2) is 16.5 Å². The quantitative estimate of drug-likeness (QED) is 0.871. The molecule has 2 atom stereocenters. The van der Waals surface area contributed by atoms with Gasteiger partial charge in [-0.1, -0.05) is 13.8 Å². The SMILES string of the molecule is CCc1ccc([C@H]2C[C@@H](C)CCN2C(=O)CSCC(N)=O)o1. The van der Waals surface area contributed by atoms with Crippen LogP contribution in [0.3, 0.4) is 0 Å². The average Bonchev–Trinajstić information content (AvgIpc) is 2.95. The van der Waals surface area contributed by atoms with Crippen molar-refractivity contribution >= 4 is 23.6 Å². The molecule has 0 unspecified atom stereocenters. The highest BCUT2D eigenvalue weighted by Crippen LogP contribution is 2.35. The van der Waals surface area contributed by atoms with E-state index in [1.54, 1.807) is 0 Å². The van der Waals surface area contributed by atoms with E-state index in [1.165, 1.54) is 11.8 Å². The van der Waals surface area contributed by atoms with E-state index in [4.69, 9.17) is 10.2 Å². The van der Waals surface area contributed by atoms with E-state index in [9.17, 15) is 9.59 Å². The molecular formula is C16H24N2O3S. The van der Waals surface area contributed by atoms with Gasteiger partial charge in [0, 0.05) is 13.0 Å². The molecule has 1 aromatic heterocycles. The lowest BCUT2D eigenvalue weighted by Gasteiger charge is -2.37. The Morgan fingerprint density at radius 3 is 2.82 bits per heavy atom. The molecule has 0 bridgehead atoms. The molecule has 1 saturated heterocycles. The normalized spacial score (nSPS) is 21.8. The highest BCUT2D eigenvalue weighted by molar-refractivity contribution is 8.00. The minimum atomic E-state index is -0.389. The molecule has 0 radical (unpaired) electrons. The number of hydrogen-bond donors (Lipinski definition) is 1. The Labute approximate surface area is 135 Å². The van der Waals surface area contributed by atoms with E-state index in [0.29, 0.717) is 5.92 Å². The van der Waals surface area contributed by atoms with E-state index in [2.05, 4.69) is 13.8 Å². The van der Waals surface area contributed by atoms with Crippen molar-refractivity contribution in [2.75, 3.05) is 18.1 Å². The van der Waals surface area contributed by atoms with Crippen LogP contribution in [-0.2, 0) is 16.0 Å². The summed E-state index contributed by atoms with van der Waals surface area (Å²) in [5, 5.41) is 0. The predicted molar refractivity (Wildman–Crippen MR) is 87.5 cm³/mol. The van der Waals surface area contributed by atoms with Crippen LogP contribution >= 0.6 is 11.8 Å². The average molecular weight is 324 g/mol. The lowest BCUT2D eigenvalue weighted by molar-refractivity contribution is -0.133. The monoisotopic (exact) mass is 324 g/mol. The minimum Gasteiger partial charge on any atom is -0.464 e. The number of furan rings is 1. The third-order valence-electron chi connectivity index (χ3n) is 4.01. The van der Waals surface area contributed by atoms with Gasteiger partial charge in [-0.3, -0.25) is 9.59 Å². The minimum absolute atomic E-state index is 0.00530. The number of thioether (sulfide) groups is 1. The predicted octanol–water partition coefficient (Wildman–Crippen LogP) is 2.36. The summed E-state index contributed by atoms with van der Waals surface area (Å²) in [6, 6.07) is 3.98. The third-order valence-corrected chi connectivity index (χ3v) is 4.95. The fourth-order valence-corrected chi connectivity index (χ4v) is 3.44. The summed E-state index contributed by atoms with van der Waals surface area (Å²) >= 11 is 1.27. The molecule has 2 amide bonds. The molecule has 1 fully saturated rings. The number of primary amides is 1. The van der Waals surface area contributed by atoms with Gasteiger partial charge in [0.25, 0.3) is 0 Å². The van der Waals surface area contributed by atoms with Crippen LogP contribution in [0.5, 0.6) is 0 Å². The fourth-order valence-electron chi connectivity index (χ4n) is 2.80. The molecule has 1 aliphatic rings. The third kappa shape index (κ3) is 4.29. The first kappa shape index (κ1) is 16.9. The Balaban J connectivity index is 2.05. The first-order valence-electron chi connectivity index (χ1n) is 7.75. The maximum Gasteiger partial charge on any atom is 0.233 e. The second kappa shape index (κ2) is 7.72. The number of rotatable bonds is 6. The van der Waals surface area contributed by atoms with Gasteiger partial charge in [-0.25, -0.2) is 0 Å². The zero-order valence-corrected chi connectivity index (χ0v) is 14.0. The molecule has 0 spiro atoms. The molecule has 2 N–H and O–H groups in total. The van der Waals surface area contributed by atoms with Gasteiger partial charge in [-0.05, 0) is 30.9 Å². The molecule has 122 valence electrons. The van der Waals surface area contributed by atoms with Crippen LogP contribution in [0.4, 0.5) is 0 Å². The molecule has 0 aromatic carbocycles. The van der Waals surface area contributed by atoms with Crippen LogP contribution < -0.4 is 5.73 Å². The van der Waals surface area contributed by atoms with Crippen LogP contribution in [0.1, 0.15) is 44.3 Å². The van der Waals surface area contributed by atoms with Crippen LogP contribution in [-0.4, -0.2) is 34.8 Å². The zero-order chi connectivity index (χ0) is 16.1. The maximum absolute atomic E-state index is 12.5. The molecule has 0 aliphatic carbocycles. The van der Waals surface area contributed by atoms with Gasteiger partial charge < -0.3 is 15.1 Å². The number of hydrogen-bond acceptors (Lipinski definition) is 4. The standard InChI is InChI=1S/C16H24N2O3S/c1-3-12-4-5-14(21-12)13-8-11(2)6-7-18(13)16(20)10-22-9-15(17)19/h4-5,11,13H,3,6-10H2,1-2H3,(H2,17,19)/t11-,13+/m0/s1. The van der Waals surface area contributed by atoms with Gasteiger partial charge in [-0.15, -0.1) is 11.8 Å². The Kier molecular flexibility index (Phi) is 5.94. The largest absolute Gasteiger partial charge is 0.464 e. The molecule has 5 nitrogen and oxygen atoms in total. The summed E-state index contributed by atoms with van der Waals surface area (Å²) in [7, 11) is 0. The molecule has 22 heavy (non-hydrogen) atoms. The van der Waals surface area contributed by atoms with Crippen molar-refractivity contribution in [2.45, 2.75) is 39.2 Å². The molecule has 1 aromatic rings. The molecule has 2 heterocycles. The summed E-state index contributed by atoms with van der Waals surface area (Å²) in [4.78, 5) is 25.1. The number of nitrogens with two attached hydrogens (primary N) is 1. The van der Waals surface area contributed by atoms with Crippen molar-refractivity contribution in [2.24, 2.45) is 11.7 Å². The van der Waals surface area contributed by atoms with E-state index < -0.39 is 0 Å². The lowest BCUT2D eigenvalue weighted by Crippen LogP contribution is -2.41. The fraction of sp³-hybridized carbons (Fsp3) is 0.625. The van der Waals surface area contributed by atoms with E-state index in [1.807, 2.05) is 17.0 Å². The Morgan fingerprint density at radius 2 is 2.18 bits per heavy atom. The van der Waals surface area contributed by atoms with E-state index in [-0.39, 0.29) is 29.4 Å². The van der Waals surface area contributed by atoms with Gasteiger partial charge in [0.15, 0.2) is 0 Å². The van der Waals surface area contributed by atoms with Crippen LogP contribution in [0.25, 0.3) is 0 Å². The topological polar surface area (TPSA) is 76.5 Å². The number of carbonyl (C=O) groups excluding carboxylic acids is 2. The first-order valence-corrected chi connectivity index (χ1v) is 8.90. The van der Waals surface area contributed by atoms with Crippen molar-refractivity contribution in [3.63, 3.8) is 0 Å². The molecule has 2 rings (SSSR count). The number of aryl methyl sites for hydroxylation is 1. The number of amides is 2. The second-order valence-corrected chi connectivity index (χ2v) is 6.83. The van der Waals surface area contributed by atoms with Crippen molar-refractivity contribution < 1.29 is 14.0 Å². The van der Waals surface area contributed by atoms with Crippen molar-refractivity contribution in [1.82, 2.24) is 4.90 Å². The highest BCUT2D eigenvalue weighted by Gasteiger charge is 2.32. The summed E-state index contributed by atoms with van der Waals surface area (Å²) in [5.74, 6) is 2.53. The smallest absolute Gasteiger partial charge is 0.233 e. The Morgan fingerprint density at radius 1 is 1.41 bits per heavy atom. The summed E-state index contributed by atoms with van der Waals surface area (Å²) in [6.45, 7) is 5.00. The molecule has 6 heteroatoms. The summed E-state index contributed by atoms with van der Waals surface area (Å²) in [5.41, 5.74) is 5.11. The summed E-state index contributed by atoms with van der Waals surface area (Å²) < 4.78 is 5.87. The number of piperidine rings is 1. The van der Waals surface area contributed by atoms with Crippen molar-refractivity contribution in [3.05, 3.63) is 23.7 Å². The van der Waals surface area contributed by atoms with Gasteiger partial charge >= 0.3 is 0 Å². The van der Waals surface area contributed by atoms with Gasteiger partial charge in [0.2, 0.25) is 11.8 Å². The maximum atomic E-state index is 12.5. The number of likely N-dealkylation sites (tertiary alicyclic amines) is 1. The van der Waals surface area contributed by atoms with Crippen molar-refractivity contribution in [3.8, 4) is 0 Å². The van der Waals surface area contributed by atoms with Crippen molar-refractivity contribution in [1.29, 1.82) is 0 Å². The molecule has 1 aliphatic heterocycles. The first-order chi connectivity index (χ1) is 10.5. The van der Waals surface area contributed by atoms with Gasteiger partial charge in [0.05, 0.1) is 17.5 Å².